The lowest BCUT2D eigenvalue weighted by atomic mass is 10.0. The quantitative estimate of drug-likeness (QED) is 0.276. The van der Waals surface area contributed by atoms with Crippen LogP contribution in [0.4, 0.5) is 11.5 Å². The van der Waals surface area contributed by atoms with Crippen LogP contribution < -0.4 is 10.6 Å². The third kappa shape index (κ3) is 6.13. The summed E-state index contributed by atoms with van der Waals surface area (Å²) in [5, 5.41) is 25.5. The molecule has 2 amide bonds. The molecule has 2 heterocycles. The van der Waals surface area contributed by atoms with E-state index in [0.29, 0.717) is 16.8 Å². The second kappa shape index (κ2) is 10.7. The van der Waals surface area contributed by atoms with Crippen LogP contribution in [0.2, 0.25) is 0 Å². The Hall–Kier alpha value is -3.80. The summed E-state index contributed by atoms with van der Waals surface area (Å²) in [5.74, 6) is 0.351. The molecule has 2 N–H and O–H groups in total. The molecular formula is C21H23N7O4S. The Morgan fingerprint density at radius 1 is 1.18 bits per heavy atom. The SMILES string of the molecule is CC(C)[C@H](NC(=O)c1cccc([N+](=O)[O-])c1)c1nnc(SCC(=O)Nc2ccccn2)n1C. The van der Waals surface area contributed by atoms with Crippen molar-refractivity contribution in [2.75, 3.05) is 11.1 Å². The average Bonchev–Trinajstić information content (AvgIpc) is 3.16. The van der Waals surface area contributed by atoms with E-state index in [2.05, 4.69) is 25.8 Å². The number of hydrogen-bond donors (Lipinski definition) is 2. The number of nitro benzene ring substituents is 1. The third-order valence-electron chi connectivity index (χ3n) is 4.68. The molecule has 3 aromatic rings. The number of hydrogen-bond acceptors (Lipinski definition) is 8. The molecule has 172 valence electrons. The van der Waals surface area contributed by atoms with E-state index >= 15 is 0 Å². The van der Waals surface area contributed by atoms with Crippen LogP contribution in [0.25, 0.3) is 0 Å². The van der Waals surface area contributed by atoms with Crippen molar-refractivity contribution >= 4 is 35.1 Å². The zero-order valence-electron chi connectivity index (χ0n) is 18.3. The number of carbonyl (C=O) groups is 2. The second-order valence-corrected chi connectivity index (χ2v) is 8.40. The number of thioether (sulfide) groups is 1. The van der Waals surface area contributed by atoms with Crippen molar-refractivity contribution in [2.24, 2.45) is 13.0 Å². The molecule has 33 heavy (non-hydrogen) atoms. The predicted octanol–water partition coefficient (Wildman–Crippen LogP) is 2.98. The van der Waals surface area contributed by atoms with Crippen molar-refractivity contribution in [1.29, 1.82) is 0 Å². The van der Waals surface area contributed by atoms with Gasteiger partial charge in [-0.25, -0.2) is 4.98 Å². The molecule has 0 fully saturated rings. The first-order valence-electron chi connectivity index (χ1n) is 10.0. The van der Waals surface area contributed by atoms with Gasteiger partial charge >= 0.3 is 0 Å². The first kappa shape index (κ1) is 23.9. The lowest BCUT2D eigenvalue weighted by Crippen LogP contribution is -2.33. The van der Waals surface area contributed by atoms with E-state index in [4.69, 9.17) is 0 Å². The fourth-order valence-electron chi connectivity index (χ4n) is 2.98. The Balaban J connectivity index is 1.69. The summed E-state index contributed by atoms with van der Waals surface area (Å²) >= 11 is 1.21. The lowest BCUT2D eigenvalue weighted by molar-refractivity contribution is -0.384. The average molecular weight is 470 g/mol. The minimum absolute atomic E-state index is 0.0409. The van der Waals surface area contributed by atoms with Crippen LogP contribution in [0.15, 0.2) is 53.8 Å². The van der Waals surface area contributed by atoms with Crippen molar-refractivity contribution in [1.82, 2.24) is 25.1 Å². The van der Waals surface area contributed by atoms with Gasteiger partial charge in [-0.1, -0.05) is 37.7 Å². The zero-order valence-corrected chi connectivity index (χ0v) is 19.1. The molecule has 0 aliphatic carbocycles. The Labute approximate surface area is 194 Å². The zero-order chi connectivity index (χ0) is 24.0. The van der Waals surface area contributed by atoms with Crippen molar-refractivity contribution in [3.05, 3.63) is 70.2 Å². The Kier molecular flexibility index (Phi) is 7.72. The van der Waals surface area contributed by atoms with Crippen LogP contribution in [0.3, 0.4) is 0 Å². The second-order valence-electron chi connectivity index (χ2n) is 7.45. The molecular weight excluding hydrogens is 446 g/mol. The topological polar surface area (TPSA) is 145 Å². The Bertz CT molecular complexity index is 1150. The Morgan fingerprint density at radius 3 is 2.64 bits per heavy atom. The van der Waals surface area contributed by atoms with E-state index in [0.717, 1.165) is 0 Å². The van der Waals surface area contributed by atoms with Gasteiger partial charge < -0.3 is 15.2 Å². The molecule has 1 atom stereocenters. The van der Waals surface area contributed by atoms with Crippen LogP contribution >= 0.6 is 11.8 Å². The highest BCUT2D eigenvalue weighted by molar-refractivity contribution is 7.99. The highest BCUT2D eigenvalue weighted by Crippen LogP contribution is 2.25. The number of nitro groups is 1. The lowest BCUT2D eigenvalue weighted by Gasteiger charge is -2.21. The van der Waals surface area contributed by atoms with E-state index in [1.807, 2.05) is 13.8 Å². The summed E-state index contributed by atoms with van der Waals surface area (Å²) < 4.78 is 1.72. The van der Waals surface area contributed by atoms with Crippen molar-refractivity contribution in [3.63, 3.8) is 0 Å². The van der Waals surface area contributed by atoms with E-state index in [9.17, 15) is 19.7 Å². The van der Waals surface area contributed by atoms with Gasteiger partial charge in [-0.2, -0.15) is 0 Å². The smallest absolute Gasteiger partial charge is 0.270 e. The molecule has 0 aliphatic heterocycles. The van der Waals surface area contributed by atoms with Crippen LogP contribution in [-0.4, -0.2) is 42.2 Å². The number of carbonyl (C=O) groups excluding carboxylic acids is 2. The van der Waals surface area contributed by atoms with Crippen LogP contribution in [-0.2, 0) is 11.8 Å². The molecule has 3 rings (SSSR count). The molecule has 1 aromatic carbocycles. The van der Waals surface area contributed by atoms with Crippen molar-refractivity contribution in [3.8, 4) is 0 Å². The van der Waals surface area contributed by atoms with Gasteiger partial charge in [0.2, 0.25) is 5.91 Å². The van der Waals surface area contributed by atoms with Crippen LogP contribution in [0.5, 0.6) is 0 Å². The number of nitrogens with zero attached hydrogens (tertiary/aromatic N) is 5. The number of non-ortho nitro benzene ring substituents is 1. The summed E-state index contributed by atoms with van der Waals surface area (Å²) in [7, 11) is 1.75. The van der Waals surface area contributed by atoms with E-state index in [1.165, 1.54) is 36.0 Å². The van der Waals surface area contributed by atoms with Gasteiger partial charge in [0.25, 0.3) is 11.6 Å². The highest BCUT2D eigenvalue weighted by Gasteiger charge is 2.26. The maximum Gasteiger partial charge on any atom is 0.270 e. The molecule has 0 radical (unpaired) electrons. The molecule has 0 saturated heterocycles. The monoisotopic (exact) mass is 469 g/mol. The first-order valence-corrected chi connectivity index (χ1v) is 11.0. The molecule has 12 heteroatoms. The number of amides is 2. The number of rotatable bonds is 9. The summed E-state index contributed by atoms with van der Waals surface area (Å²) in [6.45, 7) is 3.83. The first-order chi connectivity index (χ1) is 15.8. The fraction of sp³-hybridized carbons (Fsp3) is 0.286. The van der Waals surface area contributed by atoms with Crippen molar-refractivity contribution < 1.29 is 14.5 Å². The van der Waals surface area contributed by atoms with Gasteiger partial charge in [0.05, 0.1) is 16.7 Å². The maximum atomic E-state index is 12.8. The summed E-state index contributed by atoms with van der Waals surface area (Å²) in [6, 6.07) is 10.3. The van der Waals surface area contributed by atoms with Gasteiger partial charge in [-0.3, -0.25) is 19.7 Å². The molecule has 2 aromatic heterocycles. The summed E-state index contributed by atoms with van der Waals surface area (Å²) in [4.78, 5) is 39.5. The molecule has 0 unspecified atom stereocenters. The number of aromatic nitrogens is 4. The van der Waals surface area contributed by atoms with Gasteiger partial charge in [-0.15, -0.1) is 10.2 Å². The summed E-state index contributed by atoms with van der Waals surface area (Å²) in [6.07, 6.45) is 1.59. The van der Waals surface area contributed by atoms with Gasteiger partial charge in [0.15, 0.2) is 11.0 Å². The van der Waals surface area contributed by atoms with Crippen molar-refractivity contribution in [2.45, 2.75) is 25.0 Å². The minimum atomic E-state index is -0.549. The predicted molar refractivity (Wildman–Crippen MR) is 123 cm³/mol. The normalized spacial score (nSPS) is 11.8. The molecule has 0 bridgehead atoms. The molecule has 11 nitrogen and oxygen atoms in total. The van der Waals surface area contributed by atoms with E-state index < -0.39 is 16.9 Å². The molecule has 0 spiro atoms. The van der Waals surface area contributed by atoms with Crippen LogP contribution in [0, 0.1) is 16.0 Å². The third-order valence-corrected chi connectivity index (χ3v) is 5.70. The summed E-state index contributed by atoms with van der Waals surface area (Å²) in [5.41, 5.74) is 0.0166. The fourth-order valence-corrected chi connectivity index (χ4v) is 3.70. The molecule has 0 saturated carbocycles. The number of anilines is 1. The Morgan fingerprint density at radius 2 is 1.97 bits per heavy atom. The number of benzene rings is 1. The standard InChI is InChI=1S/C21H23N7O4S/c1-13(2)18(24-20(30)14-7-6-8-15(11-14)28(31)32)19-25-26-21(27(19)3)33-12-17(29)23-16-9-4-5-10-22-16/h4-11,13,18H,12H2,1-3H3,(H,24,30)(H,22,23,29)/t18-/m0/s1. The van der Waals surface area contributed by atoms with Gasteiger partial charge in [0, 0.05) is 30.9 Å². The number of pyridine rings is 1. The highest BCUT2D eigenvalue weighted by atomic mass is 32.2. The van der Waals surface area contributed by atoms with E-state index in [-0.39, 0.29) is 28.8 Å². The number of nitrogens with one attached hydrogen (secondary N) is 2. The maximum absolute atomic E-state index is 12.8. The van der Waals surface area contributed by atoms with E-state index in [1.54, 1.807) is 36.0 Å². The largest absolute Gasteiger partial charge is 0.342 e. The van der Waals surface area contributed by atoms with Crippen LogP contribution in [0.1, 0.15) is 36.1 Å². The van der Waals surface area contributed by atoms with Gasteiger partial charge in [-0.05, 0) is 24.1 Å². The molecule has 0 aliphatic rings. The minimum Gasteiger partial charge on any atom is -0.342 e. The van der Waals surface area contributed by atoms with Gasteiger partial charge in [0.1, 0.15) is 5.82 Å².